The highest BCUT2D eigenvalue weighted by molar-refractivity contribution is 8.77. The number of ether oxygens (including phenoxy) is 2. The van der Waals surface area contributed by atoms with Crippen LogP contribution < -0.4 is 14.8 Å². The first kappa shape index (κ1) is 33.6. The number of methoxy groups -OCH3 is 1. The highest BCUT2D eigenvalue weighted by Gasteiger charge is 2.27. The average Bonchev–Trinajstić information content (AvgIpc) is 3.41. The number of aliphatic hydroxyl groups excluding tert-OH is 1. The van der Waals surface area contributed by atoms with Gasteiger partial charge in [0.05, 0.1) is 7.11 Å². The Kier molecular flexibility index (Phi) is 23.4. The fourth-order valence-electron chi connectivity index (χ4n) is 3.24. The lowest BCUT2D eigenvalue weighted by molar-refractivity contribution is 0.0246. The third kappa shape index (κ3) is 11.5. The van der Waals surface area contributed by atoms with Crippen molar-refractivity contribution in [2.75, 3.05) is 26.0 Å². The molecule has 190 valence electrons. The van der Waals surface area contributed by atoms with Crippen LogP contribution in [0.1, 0.15) is 86.3 Å². The Bertz CT molecular complexity index is 552. The lowest BCUT2D eigenvalue weighted by Crippen LogP contribution is -2.42. The SMILES string of the molecule is CC.CC.CC.CC.CCc1cc2c(cc1OC)CCC(C(O)CNCC1CCSS1)O2. The molecule has 0 spiro atoms. The van der Waals surface area contributed by atoms with E-state index < -0.39 is 6.10 Å². The highest BCUT2D eigenvalue weighted by atomic mass is 33.1. The molecule has 0 saturated carbocycles. The number of hydrogen-bond donors (Lipinski definition) is 2. The molecule has 2 heterocycles. The number of rotatable bonds is 7. The van der Waals surface area contributed by atoms with E-state index in [2.05, 4.69) is 24.4 Å². The minimum atomic E-state index is -0.468. The van der Waals surface area contributed by atoms with E-state index in [1.165, 1.54) is 17.7 Å². The molecule has 3 rings (SSSR count). The Labute approximate surface area is 207 Å². The van der Waals surface area contributed by atoms with E-state index in [0.717, 1.165) is 42.9 Å². The van der Waals surface area contributed by atoms with Crippen molar-refractivity contribution >= 4 is 21.6 Å². The van der Waals surface area contributed by atoms with Gasteiger partial charge in [0.25, 0.3) is 0 Å². The van der Waals surface area contributed by atoms with Crippen LogP contribution in [0.2, 0.25) is 0 Å². The zero-order chi connectivity index (χ0) is 24.9. The third-order valence-electron chi connectivity index (χ3n) is 4.70. The summed E-state index contributed by atoms with van der Waals surface area (Å²) in [7, 11) is 5.62. The predicted octanol–water partition coefficient (Wildman–Crippen LogP) is 7.16. The molecule has 0 aliphatic carbocycles. The number of fused-ring (bicyclic) bond motifs is 1. The van der Waals surface area contributed by atoms with Gasteiger partial charge < -0.3 is 19.9 Å². The molecule has 3 unspecified atom stereocenters. The van der Waals surface area contributed by atoms with Crippen molar-refractivity contribution in [2.45, 2.75) is 105 Å². The fraction of sp³-hybridized carbons (Fsp3) is 0.769. The second-order valence-corrected chi connectivity index (χ2v) is 9.16. The summed E-state index contributed by atoms with van der Waals surface area (Å²) < 4.78 is 11.6. The molecule has 1 aromatic carbocycles. The highest BCUT2D eigenvalue weighted by Crippen LogP contribution is 2.37. The molecule has 1 fully saturated rings. The summed E-state index contributed by atoms with van der Waals surface area (Å²) in [6.07, 6.45) is 3.34. The van der Waals surface area contributed by atoms with Crippen molar-refractivity contribution in [1.29, 1.82) is 0 Å². The Morgan fingerprint density at radius 2 is 1.75 bits per heavy atom. The van der Waals surface area contributed by atoms with Gasteiger partial charge >= 0.3 is 0 Å². The van der Waals surface area contributed by atoms with Crippen molar-refractivity contribution in [3.05, 3.63) is 23.3 Å². The lowest BCUT2D eigenvalue weighted by atomic mass is 9.96. The van der Waals surface area contributed by atoms with E-state index in [1.54, 1.807) is 7.11 Å². The van der Waals surface area contributed by atoms with E-state index in [-0.39, 0.29) is 6.10 Å². The lowest BCUT2D eigenvalue weighted by Gasteiger charge is -2.30. The topological polar surface area (TPSA) is 50.7 Å². The van der Waals surface area contributed by atoms with Gasteiger partial charge in [-0.05, 0) is 48.9 Å². The normalized spacial score (nSPS) is 19.0. The van der Waals surface area contributed by atoms with Crippen molar-refractivity contribution in [1.82, 2.24) is 5.32 Å². The van der Waals surface area contributed by atoms with Crippen LogP contribution in [-0.2, 0) is 12.8 Å². The Hall–Kier alpha value is -0.560. The molecular weight excluding hydrogens is 438 g/mol. The minimum Gasteiger partial charge on any atom is -0.496 e. The summed E-state index contributed by atoms with van der Waals surface area (Å²) in [5.74, 6) is 3.09. The summed E-state index contributed by atoms with van der Waals surface area (Å²) in [6.45, 7) is 19.7. The second kappa shape index (κ2) is 22.2. The first-order valence-corrected chi connectivity index (χ1v) is 15.1. The number of hydrogen-bond acceptors (Lipinski definition) is 6. The Morgan fingerprint density at radius 3 is 2.28 bits per heavy atom. The summed E-state index contributed by atoms with van der Waals surface area (Å²) in [5, 5.41) is 14.6. The molecule has 0 amide bonds. The molecule has 2 aliphatic heterocycles. The van der Waals surface area contributed by atoms with Gasteiger partial charge in [-0.2, -0.15) is 0 Å². The molecule has 0 bridgehead atoms. The van der Waals surface area contributed by atoms with Crippen molar-refractivity contribution in [3.63, 3.8) is 0 Å². The first-order chi connectivity index (χ1) is 15.7. The van der Waals surface area contributed by atoms with Gasteiger partial charge in [-0.25, -0.2) is 0 Å². The summed E-state index contributed by atoms with van der Waals surface area (Å²) in [4.78, 5) is 0. The van der Waals surface area contributed by atoms with Gasteiger partial charge in [0.1, 0.15) is 23.7 Å². The molecule has 1 aromatic rings. The molecule has 1 saturated heterocycles. The van der Waals surface area contributed by atoms with E-state index in [0.29, 0.717) is 11.8 Å². The van der Waals surface area contributed by atoms with Gasteiger partial charge in [-0.3, -0.25) is 0 Å². The van der Waals surface area contributed by atoms with E-state index in [1.807, 2.05) is 77.0 Å². The van der Waals surface area contributed by atoms with Gasteiger partial charge in [0.2, 0.25) is 0 Å². The van der Waals surface area contributed by atoms with Crippen molar-refractivity contribution in [3.8, 4) is 11.5 Å². The van der Waals surface area contributed by atoms with Crippen LogP contribution >= 0.6 is 21.6 Å². The van der Waals surface area contributed by atoms with Gasteiger partial charge in [0.15, 0.2) is 0 Å². The van der Waals surface area contributed by atoms with E-state index >= 15 is 0 Å². The zero-order valence-electron chi connectivity index (χ0n) is 22.4. The van der Waals surface area contributed by atoms with Crippen molar-refractivity contribution < 1.29 is 14.6 Å². The molecular formula is C26H51NO3S2. The average molecular weight is 490 g/mol. The fourth-order valence-corrected chi connectivity index (χ4v) is 6.10. The molecule has 6 heteroatoms. The van der Waals surface area contributed by atoms with Gasteiger partial charge in [-0.15, -0.1) is 0 Å². The molecule has 32 heavy (non-hydrogen) atoms. The van der Waals surface area contributed by atoms with E-state index in [4.69, 9.17) is 9.47 Å². The second-order valence-electron chi connectivity index (χ2n) is 6.37. The molecule has 0 radical (unpaired) electrons. The van der Waals surface area contributed by atoms with E-state index in [9.17, 15) is 5.11 Å². The maximum atomic E-state index is 10.5. The quantitative estimate of drug-likeness (QED) is 0.396. The predicted molar refractivity (Wildman–Crippen MR) is 148 cm³/mol. The molecule has 2 aliphatic rings. The van der Waals surface area contributed by atoms with Crippen LogP contribution in [-0.4, -0.2) is 48.5 Å². The smallest absolute Gasteiger partial charge is 0.126 e. The Morgan fingerprint density at radius 1 is 1.09 bits per heavy atom. The van der Waals surface area contributed by atoms with Crippen LogP contribution in [0.3, 0.4) is 0 Å². The van der Waals surface area contributed by atoms with Crippen LogP contribution in [0.5, 0.6) is 11.5 Å². The monoisotopic (exact) mass is 489 g/mol. The van der Waals surface area contributed by atoms with Gasteiger partial charge in [-0.1, -0.05) is 83.9 Å². The standard InChI is InChI=1S/C18H27NO3S2.4C2H6/c1-3-12-8-18-13(9-17(12)21-2)4-5-16(22-18)15(20)11-19-10-14-6-7-23-24-14;4*1-2/h8-9,14-16,19-20H,3-7,10-11H2,1-2H3;4*1-2H3. The molecule has 3 atom stereocenters. The van der Waals surface area contributed by atoms with Crippen LogP contribution in [0.15, 0.2) is 12.1 Å². The summed E-state index contributed by atoms with van der Waals surface area (Å²) in [6, 6.07) is 4.16. The number of nitrogens with one attached hydrogen (secondary N) is 1. The third-order valence-corrected chi connectivity index (χ3v) is 7.64. The first-order valence-electron chi connectivity index (χ1n) is 12.7. The number of benzene rings is 1. The number of aryl methyl sites for hydroxylation is 2. The Balaban J connectivity index is 0. The maximum Gasteiger partial charge on any atom is 0.126 e. The summed E-state index contributed by atoms with van der Waals surface area (Å²) in [5.41, 5.74) is 2.33. The zero-order valence-corrected chi connectivity index (χ0v) is 24.0. The summed E-state index contributed by atoms with van der Waals surface area (Å²) >= 11 is 0. The van der Waals surface area contributed by atoms with Crippen molar-refractivity contribution in [2.24, 2.45) is 0 Å². The number of aliphatic hydroxyl groups is 1. The minimum absolute atomic E-state index is 0.131. The molecule has 4 nitrogen and oxygen atoms in total. The van der Waals surface area contributed by atoms with Crippen LogP contribution in [0.4, 0.5) is 0 Å². The van der Waals surface area contributed by atoms with Gasteiger partial charge in [0, 0.05) is 24.1 Å². The van der Waals surface area contributed by atoms with Crippen LogP contribution in [0, 0.1) is 0 Å². The van der Waals surface area contributed by atoms with Crippen LogP contribution in [0.25, 0.3) is 0 Å². The largest absolute Gasteiger partial charge is 0.496 e. The maximum absolute atomic E-state index is 10.5. The molecule has 0 aromatic heterocycles. The molecule has 2 N–H and O–H groups in total.